The minimum absolute atomic E-state index is 0.00997. The van der Waals surface area contributed by atoms with E-state index in [4.69, 9.17) is 4.74 Å². The Morgan fingerprint density at radius 1 is 1.09 bits per heavy atom. The topological polar surface area (TPSA) is 133 Å². The molecule has 35 heavy (non-hydrogen) atoms. The normalized spacial score (nSPS) is 16.0. The summed E-state index contributed by atoms with van der Waals surface area (Å²) in [5, 5.41) is 14.8. The fourth-order valence-corrected chi connectivity index (χ4v) is 4.72. The number of carboxylic acid groups (broad SMARTS) is 1. The maximum Gasteiger partial charge on any atom is 0.407 e. The maximum atomic E-state index is 12.6. The first kappa shape index (κ1) is 22.6. The Morgan fingerprint density at radius 2 is 1.74 bits per heavy atom. The summed E-state index contributed by atoms with van der Waals surface area (Å²) in [6.45, 7) is 0.188. The highest BCUT2D eigenvalue weighted by Crippen LogP contribution is 2.44. The molecule has 0 bridgehead atoms. The van der Waals surface area contributed by atoms with Gasteiger partial charge in [0.15, 0.2) is 0 Å². The van der Waals surface area contributed by atoms with Crippen molar-refractivity contribution in [2.75, 3.05) is 6.61 Å². The van der Waals surface area contributed by atoms with Crippen molar-refractivity contribution in [3.8, 4) is 11.1 Å². The molecule has 1 heterocycles. The van der Waals surface area contributed by atoms with Crippen LogP contribution in [0.25, 0.3) is 11.1 Å². The molecule has 2 aliphatic carbocycles. The summed E-state index contributed by atoms with van der Waals surface area (Å²) in [5.74, 6) is -1.62. The zero-order valence-corrected chi connectivity index (χ0v) is 19.0. The van der Waals surface area contributed by atoms with Crippen LogP contribution in [-0.2, 0) is 20.7 Å². The highest BCUT2D eigenvalue weighted by Gasteiger charge is 2.46. The quantitative estimate of drug-likeness (QED) is 0.377. The van der Waals surface area contributed by atoms with Gasteiger partial charge in [-0.15, -0.1) is 0 Å². The molecule has 0 radical (unpaired) electrons. The molecule has 3 aromatic rings. The first-order valence-corrected chi connectivity index (χ1v) is 11.6. The van der Waals surface area contributed by atoms with Crippen LogP contribution in [0, 0.1) is 0 Å². The third kappa shape index (κ3) is 4.89. The van der Waals surface area contributed by atoms with E-state index in [1.165, 1.54) is 12.5 Å². The third-order valence-corrected chi connectivity index (χ3v) is 6.68. The molecule has 9 heteroatoms. The number of carboxylic acids is 1. The number of carbonyl (C=O) groups excluding carboxylic acids is 2. The number of aliphatic carboxylic acids is 1. The van der Waals surface area contributed by atoms with Crippen LogP contribution in [-0.4, -0.2) is 51.2 Å². The van der Waals surface area contributed by atoms with Gasteiger partial charge in [0.25, 0.3) is 0 Å². The second kappa shape index (κ2) is 9.25. The number of imidazole rings is 1. The van der Waals surface area contributed by atoms with Crippen molar-refractivity contribution in [1.29, 1.82) is 0 Å². The van der Waals surface area contributed by atoms with Crippen molar-refractivity contribution in [3.05, 3.63) is 77.9 Å². The van der Waals surface area contributed by atoms with Crippen LogP contribution in [0.2, 0.25) is 0 Å². The van der Waals surface area contributed by atoms with Crippen molar-refractivity contribution in [1.82, 2.24) is 20.6 Å². The number of carbonyl (C=O) groups is 3. The lowest BCUT2D eigenvalue weighted by atomic mass is 9.98. The number of rotatable bonds is 9. The maximum absolute atomic E-state index is 12.6. The molecule has 2 amide bonds. The number of hydrogen-bond donors (Lipinski definition) is 4. The van der Waals surface area contributed by atoms with Crippen molar-refractivity contribution in [3.63, 3.8) is 0 Å². The zero-order chi connectivity index (χ0) is 24.4. The molecule has 0 unspecified atom stereocenters. The molecule has 180 valence electrons. The van der Waals surface area contributed by atoms with Crippen LogP contribution >= 0.6 is 0 Å². The molecule has 1 saturated carbocycles. The second-order valence-electron chi connectivity index (χ2n) is 9.15. The van der Waals surface area contributed by atoms with Gasteiger partial charge < -0.3 is 25.5 Å². The lowest BCUT2D eigenvalue weighted by Gasteiger charge is -2.20. The number of nitrogens with zero attached hydrogens (tertiary/aromatic N) is 1. The highest BCUT2D eigenvalue weighted by molar-refractivity contribution is 5.85. The van der Waals surface area contributed by atoms with Crippen molar-refractivity contribution in [2.45, 2.75) is 43.2 Å². The number of H-pyrrole nitrogens is 1. The molecule has 0 saturated heterocycles. The monoisotopic (exact) mass is 474 g/mol. The fourth-order valence-electron chi connectivity index (χ4n) is 4.72. The Kier molecular flexibility index (Phi) is 5.98. The lowest BCUT2D eigenvalue weighted by Crippen LogP contribution is -2.46. The van der Waals surface area contributed by atoms with Gasteiger partial charge in [-0.2, -0.15) is 0 Å². The number of alkyl carbamates (subject to hydrolysis) is 1. The van der Waals surface area contributed by atoms with Crippen LogP contribution in [0.1, 0.15) is 42.0 Å². The van der Waals surface area contributed by atoms with E-state index in [2.05, 4.69) is 44.9 Å². The first-order chi connectivity index (χ1) is 16.9. The average Bonchev–Trinajstić information content (AvgIpc) is 3.26. The average molecular weight is 475 g/mol. The second-order valence-corrected chi connectivity index (χ2v) is 9.15. The van der Waals surface area contributed by atoms with Gasteiger partial charge in [-0.3, -0.25) is 4.79 Å². The van der Waals surface area contributed by atoms with E-state index in [1.54, 1.807) is 0 Å². The summed E-state index contributed by atoms with van der Waals surface area (Å²) in [7, 11) is 0. The number of nitrogens with one attached hydrogen (secondary N) is 3. The number of ether oxygens (including phenoxy) is 1. The molecule has 1 atom stereocenters. The fraction of sp³-hybridized carbons (Fsp3) is 0.308. The van der Waals surface area contributed by atoms with Crippen molar-refractivity contribution in [2.24, 2.45) is 0 Å². The number of aromatic nitrogens is 2. The van der Waals surface area contributed by atoms with Crippen LogP contribution in [0.3, 0.4) is 0 Å². The smallest absolute Gasteiger partial charge is 0.407 e. The van der Waals surface area contributed by atoms with Gasteiger partial charge in [0.2, 0.25) is 5.91 Å². The Bertz CT molecular complexity index is 1210. The number of aromatic amines is 1. The van der Waals surface area contributed by atoms with E-state index >= 15 is 0 Å². The number of hydrogen-bond acceptors (Lipinski definition) is 5. The minimum atomic E-state index is -1.14. The summed E-state index contributed by atoms with van der Waals surface area (Å²) < 4.78 is 5.60. The first-order valence-electron chi connectivity index (χ1n) is 11.6. The van der Waals surface area contributed by atoms with Gasteiger partial charge in [-0.25, -0.2) is 14.6 Å². The summed E-state index contributed by atoms with van der Waals surface area (Å²) in [4.78, 5) is 43.5. The summed E-state index contributed by atoms with van der Waals surface area (Å²) in [5.41, 5.74) is 4.45. The standard InChI is InChI=1S/C26H26N4O5/c31-23(29-22(24(32)33)11-16-13-27-15-28-16)12-26(9-10-26)30-25(34)35-14-21-19-7-3-1-5-17(19)18-6-2-4-8-20(18)21/h1-8,13,15,21-22H,9-12,14H2,(H,27,28)(H,29,31)(H,30,34)(H,32,33)/t22-/m1/s1. The minimum Gasteiger partial charge on any atom is -0.480 e. The molecule has 9 nitrogen and oxygen atoms in total. The molecule has 1 aromatic heterocycles. The SMILES string of the molecule is O=C(CC1(NC(=O)OCC2c3ccccc3-c3ccccc32)CC1)N[C@H](Cc1cnc[nH]1)C(=O)O. The summed E-state index contributed by atoms with van der Waals surface area (Å²) in [6.07, 6.45) is 3.73. The van der Waals surface area contributed by atoms with E-state index in [0.29, 0.717) is 18.5 Å². The molecule has 4 N–H and O–H groups in total. The highest BCUT2D eigenvalue weighted by atomic mass is 16.5. The van der Waals surface area contributed by atoms with Gasteiger partial charge in [0.05, 0.1) is 11.9 Å². The molecule has 2 aliphatic rings. The van der Waals surface area contributed by atoms with Gasteiger partial charge in [0, 0.05) is 30.7 Å². The van der Waals surface area contributed by atoms with Gasteiger partial charge in [0.1, 0.15) is 12.6 Å². The van der Waals surface area contributed by atoms with Crippen LogP contribution in [0.5, 0.6) is 0 Å². The molecule has 5 rings (SSSR count). The van der Waals surface area contributed by atoms with E-state index < -0.39 is 29.6 Å². The van der Waals surface area contributed by atoms with E-state index in [-0.39, 0.29) is 25.4 Å². The van der Waals surface area contributed by atoms with Crippen molar-refractivity contribution < 1.29 is 24.2 Å². The van der Waals surface area contributed by atoms with E-state index in [9.17, 15) is 19.5 Å². The van der Waals surface area contributed by atoms with E-state index in [0.717, 1.165) is 22.3 Å². The molecular weight excluding hydrogens is 448 g/mol. The molecule has 0 aliphatic heterocycles. The van der Waals surface area contributed by atoms with Crippen LogP contribution in [0.4, 0.5) is 4.79 Å². The van der Waals surface area contributed by atoms with Crippen molar-refractivity contribution >= 4 is 18.0 Å². The summed E-state index contributed by atoms with van der Waals surface area (Å²) in [6, 6.07) is 15.1. The number of amides is 2. The molecule has 1 fully saturated rings. The molecule has 0 spiro atoms. The zero-order valence-electron chi connectivity index (χ0n) is 19.0. The third-order valence-electron chi connectivity index (χ3n) is 6.68. The molecular formula is C26H26N4O5. The van der Waals surface area contributed by atoms with Crippen LogP contribution in [0.15, 0.2) is 61.1 Å². The number of fused-ring (bicyclic) bond motifs is 3. The predicted octanol–water partition coefficient (Wildman–Crippen LogP) is 2.98. The summed E-state index contributed by atoms with van der Waals surface area (Å²) >= 11 is 0. The van der Waals surface area contributed by atoms with Gasteiger partial charge >= 0.3 is 12.1 Å². The van der Waals surface area contributed by atoms with Gasteiger partial charge in [-0.05, 0) is 35.1 Å². The Hall–Kier alpha value is -4.14. The predicted molar refractivity (Wildman–Crippen MR) is 127 cm³/mol. The molecule has 2 aromatic carbocycles. The Morgan fingerprint density at radius 3 is 2.31 bits per heavy atom. The number of benzene rings is 2. The largest absolute Gasteiger partial charge is 0.480 e. The lowest BCUT2D eigenvalue weighted by molar-refractivity contribution is -0.141. The van der Waals surface area contributed by atoms with Crippen LogP contribution < -0.4 is 10.6 Å². The Balaban J connectivity index is 1.16. The van der Waals surface area contributed by atoms with E-state index in [1.807, 2.05) is 24.3 Å². The van der Waals surface area contributed by atoms with Gasteiger partial charge in [-0.1, -0.05) is 48.5 Å². The Labute approximate surface area is 201 Å².